The van der Waals surface area contributed by atoms with E-state index in [1.54, 1.807) is 24.7 Å². The largest absolute Gasteiger partial charge is 0.537 e. The fourth-order valence-corrected chi connectivity index (χ4v) is 1.24. The Morgan fingerprint density at radius 3 is 2.53 bits per heavy atom. The van der Waals surface area contributed by atoms with Crippen molar-refractivity contribution in [3.63, 3.8) is 0 Å². The molecule has 0 amide bonds. The van der Waals surface area contributed by atoms with Crippen LogP contribution in [0.25, 0.3) is 5.82 Å². The molecule has 1 radical (unpaired) electrons. The van der Waals surface area contributed by atoms with Crippen LogP contribution in [0, 0.1) is 7.05 Å². The first-order valence-corrected chi connectivity index (χ1v) is 4.24. The van der Waals surface area contributed by atoms with Crippen molar-refractivity contribution in [2.75, 3.05) is 5.32 Å². The summed E-state index contributed by atoms with van der Waals surface area (Å²) < 4.78 is 0. The standard InChI is InChI=1S/C8H7ClN5.Co/c1-10-6-4-7(9)8(11-5-6)14-12-2-3-13-14;/h2-5,10H,1H2;/q-1;. The Kier molecular flexibility index (Phi) is 4.07. The molecule has 2 aromatic heterocycles. The van der Waals surface area contributed by atoms with Crippen molar-refractivity contribution in [2.24, 2.45) is 0 Å². The zero-order valence-corrected chi connectivity index (χ0v) is 9.31. The maximum Gasteiger partial charge on any atom is 0.193 e. The minimum atomic E-state index is 0. The van der Waals surface area contributed by atoms with Crippen LogP contribution in [0.1, 0.15) is 0 Å². The molecule has 0 saturated carbocycles. The van der Waals surface area contributed by atoms with Crippen LogP contribution in [0.2, 0.25) is 5.02 Å². The molecular weight excluding hydrogens is 261 g/mol. The maximum atomic E-state index is 5.97. The van der Waals surface area contributed by atoms with Crippen LogP contribution in [0.5, 0.6) is 0 Å². The summed E-state index contributed by atoms with van der Waals surface area (Å²) in [6.07, 6.45) is 4.73. The van der Waals surface area contributed by atoms with Gasteiger partial charge in [-0.1, -0.05) is 11.6 Å². The van der Waals surface area contributed by atoms with Crippen molar-refractivity contribution in [1.29, 1.82) is 0 Å². The summed E-state index contributed by atoms with van der Waals surface area (Å²) in [5.74, 6) is 0.496. The van der Waals surface area contributed by atoms with Gasteiger partial charge in [-0.3, -0.25) is 7.05 Å². The van der Waals surface area contributed by atoms with Crippen LogP contribution in [0.4, 0.5) is 5.69 Å². The summed E-state index contributed by atoms with van der Waals surface area (Å²) in [4.78, 5) is 5.45. The molecule has 0 saturated heterocycles. The van der Waals surface area contributed by atoms with Crippen LogP contribution in [0.3, 0.4) is 0 Å². The zero-order chi connectivity index (χ0) is 9.97. The molecule has 0 bridgehead atoms. The molecule has 2 rings (SSSR count). The number of halogens is 1. The normalized spacial score (nSPS) is 9.47. The van der Waals surface area contributed by atoms with Gasteiger partial charge in [0.25, 0.3) is 0 Å². The summed E-state index contributed by atoms with van der Waals surface area (Å²) in [6, 6.07) is 1.71. The van der Waals surface area contributed by atoms with Gasteiger partial charge in [0.05, 0.1) is 23.6 Å². The molecule has 5 nitrogen and oxygen atoms in total. The second kappa shape index (κ2) is 5.10. The Morgan fingerprint density at radius 1 is 1.33 bits per heavy atom. The Bertz CT molecular complexity index is 431. The van der Waals surface area contributed by atoms with E-state index in [0.717, 1.165) is 5.69 Å². The molecule has 15 heavy (non-hydrogen) atoms. The number of anilines is 1. The number of hydrogen-bond donors (Lipinski definition) is 1. The SMILES string of the molecule is [CH2-]Nc1cnc(-n2nccn2)c(Cl)c1.[Co]. The third kappa shape index (κ3) is 2.47. The van der Waals surface area contributed by atoms with Crippen molar-refractivity contribution in [1.82, 2.24) is 20.0 Å². The van der Waals surface area contributed by atoms with Crippen LogP contribution in [-0.4, -0.2) is 20.0 Å². The minimum Gasteiger partial charge on any atom is -0.537 e. The Morgan fingerprint density at radius 2 is 2.00 bits per heavy atom. The molecule has 0 atom stereocenters. The van der Waals surface area contributed by atoms with Crippen LogP contribution >= 0.6 is 11.6 Å². The smallest absolute Gasteiger partial charge is 0.193 e. The summed E-state index contributed by atoms with van der Waals surface area (Å²) in [5.41, 5.74) is 0.742. The molecule has 0 unspecified atom stereocenters. The topological polar surface area (TPSA) is 55.6 Å². The number of nitrogens with one attached hydrogen (secondary N) is 1. The number of rotatable bonds is 2. The summed E-state index contributed by atoms with van der Waals surface area (Å²) >= 11 is 5.97. The summed E-state index contributed by atoms with van der Waals surface area (Å²) in [6.45, 7) is 0. The van der Waals surface area contributed by atoms with E-state index in [0.29, 0.717) is 10.8 Å². The second-order valence-electron chi connectivity index (χ2n) is 2.52. The van der Waals surface area contributed by atoms with E-state index in [4.69, 9.17) is 11.6 Å². The van der Waals surface area contributed by atoms with E-state index < -0.39 is 0 Å². The predicted molar refractivity (Wildman–Crippen MR) is 53.1 cm³/mol. The molecule has 0 aromatic carbocycles. The fraction of sp³-hybridized carbons (Fsp3) is 0. The maximum absolute atomic E-state index is 5.97. The van der Waals surface area contributed by atoms with Gasteiger partial charge in [-0.05, 0) is 6.07 Å². The Balaban J connectivity index is 0.00000112. The fourth-order valence-electron chi connectivity index (χ4n) is 1.000. The number of nitrogens with zero attached hydrogens (tertiary/aromatic N) is 4. The third-order valence-corrected chi connectivity index (χ3v) is 1.91. The van der Waals surface area contributed by atoms with Gasteiger partial charge in [0, 0.05) is 22.5 Å². The Labute approximate surface area is 102 Å². The predicted octanol–water partition coefficient (Wildman–Crippen LogP) is 1.52. The van der Waals surface area contributed by atoms with Gasteiger partial charge >= 0.3 is 0 Å². The van der Waals surface area contributed by atoms with Gasteiger partial charge in [0.15, 0.2) is 5.82 Å². The average Bonchev–Trinajstić information content (AvgIpc) is 2.70. The van der Waals surface area contributed by atoms with Crippen LogP contribution in [-0.2, 0) is 16.8 Å². The monoisotopic (exact) mass is 267 g/mol. The number of aromatic nitrogens is 4. The molecule has 2 heterocycles. The van der Waals surface area contributed by atoms with Crippen molar-refractivity contribution in [3.8, 4) is 5.82 Å². The Hall–Kier alpha value is -1.11. The van der Waals surface area contributed by atoms with Gasteiger partial charge in [-0.15, -0.1) is 4.80 Å². The number of pyridine rings is 1. The van der Waals surface area contributed by atoms with Gasteiger partial charge in [0.1, 0.15) is 0 Å². The van der Waals surface area contributed by atoms with Gasteiger partial charge in [0.2, 0.25) is 0 Å². The van der Waals surface area contributed by atoms with E-state index in [-0.39, 0.29) is 16.8 Å². The minimum absolute atomic E-state index is 0. The van der Waals surface area contributed by atoms with Gasteiger partial charge in [-0.25, -0.2) is 4.98 Å². The van der Waals surface area contributed by atoms with Crippen LogP contribution < -0.4 is 5.32 Å². The van der Waals surface area contributed by atoms with Crippen LogP contribution in [0.15, 0.2) is 24.7 Å². The molecule has 0 aliphatic carbocycles. The van der Waals surface area contributed by atoms with Crippen molar-refractivity contribution < 1.29 is 16.8 Å². The first kappa shape index (κ1) is 12.0. The molecule has 7 heteroatoms. The van der Waals surface area contributed by atoms with E-state index >= 15 is 0 Å². The van der Waals surface area contributed by atoms with E-state index in [1.165, 1.54) is 4.80 Å². The van der Waals surface area contributed by atoms with Crippen molar-refractivity contribution >= 4 is 17.3 Å². The molecule has 1 N–H and O–H groups in total. The van der Waals surface area contributed by atoms with E-state index in [2.05, 4.69) is 27.5 Å². The quantitative estimate of drug-likeness (QED) is 0.838. The van der Waals surface area contributed by atoms with E-state index in [1.807, 2.05) is 0 Å². The zero-order valence-electron chi connectivity index (χ0n) is 7.52. The first-order chi connectivity index (χ1) is 6.81. The van der Waals surface area contributed by atoms with Crippen molar-refractivity contribution in [2.45, 2.75) is 0 Å². The number of hydrogen-bond acceptors (Lipinski definition) is 4. The molecule has 0 fully saturated rings. The summed E-state index contributed by atoms with van der Waals surface area (Å²) in [7, 11) is 3.50. The second-order valence-corrected chi connectivity index (χ2v) is 2.93. The summed E-state index contributed by atoms with van der Waals surface area (Å²) in [5, 5.41) is 11.0. The molecule has 0 aliphatic heterocycles. The van der Waals surface area contributed by atoms with Gasteiger partial charge in [-0.2, -0.15) is 10.2 Å². The molecule has 2 aromatic rings. The molecule has 0 spiro atoms. The average molecular weight is 268 g/mol. The molecule has 0 aliphatic rings. The third-order valence-electron chi connectivity index (χ3n) is 1.63. The van der Waals surface area contributed by atoms with Crippen molar-refractivity contribution in [3.05, 3.63) is 36.7 Å². The van der Waals surface area contributed by atoms with Gasteiger partial charge < -0.3 is 5.32 Å². The van der Waals surface area contributed by atoms with E-state index in [9.17, 15) is 0 Å². The molecule has 81 valence electrons. The first-order valence-electron chi connectivity index (χ1n) is 3.86. The molecular formula is C8H7ClCoN5-.